The van der Waals surface area contributed by atoms with Gasteiger partial charge < -0.3 is 48.2 Å². The van der Waals surface area contributed by atoms with Crippen LogP contribution in [0, 0.1) is 3.57 Å². The summed E-state index contributed by atoms with van der Waals surface area (Å²) in [5, 5.41) is 16.6. The number of carbonyl (C=O) groups is 5. The van der Waals surface area contributed by atoms with E-state index in [9.17, 15) is 24.0 Å². The molecule has 1 fully saturated rings. The van der Waals surface area contributed by atoms with E-state index in [1.807, 2.05) is 24.4 Å². The summed E-state index contributed by atoms with van der Waals surface area (Å²) in [6, 6.07) is 9.41. The Balaban J connectivity index is 0.690. The normalized spacial score (nSPS) is 14.8. The zero-order chi connectivity index (χ0) is 45.8. The van der Waals surface area contributed by atoms with Crippen LogP contribution in [0.15, 0.2) is 53.4 Å². The molecule has 350 valence electrons. The fraction of sp³-hybridized carbons (Fsp3) is 0.488. The van der Waals surface area contributed by atoms with Gasteiger partial charge in [-0.25, -0.2) is 9.67 Å². The van der Waals surface area contributed by atoms with E-state index in [4.69, 9.17) is 37.6 Å². The molecule has 2 aromatic heterocycles. The number of nitrogens with one attached hydrogen (secondary N) is 3. The number of amides is 5. The van der Waals surface area contributed by atoms with E-state index >= 15 is 0 Å². The molecular weight excluding hydrogens is 963 g/mol. The minimum absolute atomic E-state index is 0.0592. The van der Waals surface area contributed by atoms with Crippen molar-refractivity contribution < 1.29 is 61.5 Å². The zero-order valence-electron chi connectivity index (χ0n) is 36.1. The summed E-state index contributed by atoms with van der Waals surface area (Å²) in [7, 11) is 1.60. The minimum atomic E-state index is -1.02. The quantitative estimate of drug-likeness (QED) is 0.0386. The minimum Gasteiger partial charge on any atom is -0.496 e. The van der Waals surface area contributed by atoms with Crippen molar-refractivity contribution in [3.05, 3.63) is 75.1 Å². The number of halogens is 1. The fourth-order valence-electron chi connectivity index (χ4n) is 6.82. The predicted molar refractivity (Wildman–Crippen MR) is 238 cm³/mol. The maximum atomic E-state index is 13.2. The Labute approximate surface area is 388 Å². The van der Waals surface area contributed by atoms with Gasteiger partial charge in [-0.3, -0.25) is 34.2 Å². The lowest BCUT2D eigenvalue weighted by Crippen LogP contribution is -2.54. The van der Waals surface area contributed by atoms with Crippen molar-refractivity contribution in [2.75, 3.05) is 105 Å². The zero-order valence-corrected chi connectivity index (χ0v) is 38.2. The molecular formula is C43H53IN8O13. The van der Waals surface area contributed by atoms with Crippen molar-refractivity contribution in [1.29, 1.82) is 0 Å². The summed E-state index contributed by atoms with van der Waals surface area (Å²) in [5.41, 5.74) is 2.67. The summed E-state index contributed by atoms with van der Waals surface area (Å²) in [6.07, 6.45) is 4.61. The molecule has 0 radical (unpaired) electrons. The Hall–Kier alpha value is -5.37. The SMILES string of the molecule is COc1ccc(-c2ocnc2C(=O)NCCCc2cn(CCOCCOCCOCCOCCOCCOCCNc3cccc4c3C(=O)N(C3CCC(=O)NC3=O)C4=O)nn2)cc1I. The van der Waals surface area contributed by atoms with E-state index in [0.29, 0.717) is 123 Å². The molecule has 0 bridgehead atoms. The van der Waals surface area contributed by atoms with Crippen molar-refractivity contribution in [2.45, 2.75) is 38.3 Å². The third kappa shape index (κ3) is 14.3. The molecule has 1 atom stereocenters. The molecule has 21 nitrogen and oxygen atoms in total. The number of nitrogens with zero attached hydrogens (tertiary/aromatic N) is 5. The fourth-order valence-corrected chi connectivity index (χ4v) is 7.55. The lowest BCUT2D eigenvalue weighted by atomic mass is 10.0. The van der Waals surface area contributed by atoms with E-state index in [2.05, 4.69) is 53.8 Å². The third-order valence-corrected chi connectivity index (χ3v) is 10.9. The van der Waals surface area contributed by atoms with Gasteiger partial charge in [-0.2, -0.15) is 0 Å². The number of hydrogen-bond acceptors (Lipinski definition) is 17. The number of imide groups is 2. The number of rotatable bonds is 30. The Morgan fingerprint density at radius 2 is 1.54 bits per heavy atom. The van der Waals surface area contributed by atoms with Gasteiger partial charge in [0.1, 0.15) is 11.8 Å². The maximum absolute atomic E-state index is 13.2. The van der Waals surface area contributed by atoms with Crippen molar-refractivity contribution in [3.63, 3.8) is 0 Å². The van der Waals surface area contributed by atoms with E-state index < -0.39 is 29.7 Å². The van der Waals surface area contributed by atoms with Gasteiger partial charge in [0.05, 0.1) is 113 Å². The molecule has 5 amide bonds. The molecule has 0 spiro atoms. The number of methoxy groups -OCH3 is 1. The van der Waals surface area contributed by atoms with Crippen molar-refractivity contribution in [2.24, 2.45) is 0 Å². The van der Waals surface area contributed by atoms with Crippen LogP contribution < -0.4 is 20.7 Å². The van der Waals surface area contributed by atoms with Crippen LogP contribution in [0.2, 0.25) is 0 Å². The Kier molecular flexibility index (Phi) is 19.6. The molecule has 2 aromatic carbocycles. The number of carbonyl (C=O) groups excluding carboxylic acids is 5. The summed E-state index contributed by atoms with van der Waals surface area (Å²) >= 11 is 2.17. The number of piperidine rings is 1. The maximum Gasteiger partial charge on any atom is 0.273 e. The molecule has 1 unspecified atom stereocenters. The summed E-state index contributed by atoms with van der Waals surface area (Å²) < 4.78 is 46.9. The van der Waals surface area contributed by atoms with Gasteiger partial charge >= 0.3 is 0 Å². The van der Waals surface area contributed by atoms with Gasteiger partial charge in [-0.05, 0) is 72.2 Å². The second-order valence-electron chi connectivity index (χ2n) is 14.5. The van der Waals surface area contributed by atoms with Crippen LogP contribution in [0.25, 0.3) is 11.3 Å². The molecule has 1 saturated heterocycles. The monoisotopic (exact) mass is 1020 g/mol. The average molecular weight is 1020 g/mol. The molecule has 0 saturated carbocycles. The van der Waals surface area contributed by atoms with Crippen molar-refractivity contribution in [3.8, 4) is 17.1 Å². The van der Waals surface area contributed by atoms with Gasteiger partial charge in [0.15, 0.2) is 17.8 Å². The standard InChI is InChI=1S/C43H53IN8O13/c1-58-35-9-7-29(26-32(35)44)39-38(47-28-65-39)41(55)46-11-3-4-30-27-51(50-49-30)13-15-60-17-19-62-21-23-64-25-24-63-22-20-61-18-16-59-14-12-45-33-6-2-5-31-37(33)43(57)52(42(31)56)34-8-10-36(53)48-40(34)54/h2,5-7,9,26-28,34,45H,3-4,8,10-25H2,1H3,(H,46,55)(H,48,53,54). The lowest BCUT2D eigenvalue weighted by molar-refractivity contribution is -0.136. The Bertz CT molecular complexity index is 2220. The summed E-state index contributed by atoms with van der Waals surface area (Å²) in [5.74, 6) is -1.36. The number of aromatic nitrogens is 4. The molecule has 4 heterocycles. The van der Waals surface area contributed by atoms with Crippen LogP contribution in [0.4, 0.5) is 5.69 Å². The van der Waals surface area contributed by atoms with Gasteiger partial charge in [0.2, 0.25) is 11.8 Å². The smallest absolute Gasteiger partial charge is 0.273 e. The first-order valence-corrected chi connectivity index (χ1v) is 22.3. The average Bonchev–Trinajstić information content (AvgIpc) is 4.04. The Morgan fingerprint density at radius 3 is 2.20 bits per heavy atom. The van der Waals surface area contributed by atoms with Crippen LogP contribution in [-0.2, 0) is 51.0 Å². The largest absolute Gasteiger partial charge is 0.496 e. The molecule has 2 aliphatic heterocycles. The highest BCUT2D eigenvalue weighted by atomic mass is 127. The Morgan fingerprint density at radius 1 is 0.862 bits per heavy atom. The van der Waals surface area contributed by atoms with E-state index in [1.54, 1.807) is 30.0 Å². The van der Waals surface area contributed by atoms with Crippen LogP contribution in [0.3, 0.4) is 0 Å². The molecule has 4 aromatic rings. The van der Waals surface area contributed by atoms with Crippen molar-refractivity contribution in [1.82, 2.24) is 35.5 Å². The van der Waals surface area contributed by atoms with E-state index in [-0.39, 0.29) is 35.6 Å². The second kappa shape index (κ2) is 25.9. The summed E-state index contributed by atoms with van der Waals surface area (Å²) in [4.78, 5) is 67.9. The van der Waals surface area contributed by atoms with Gasteiger partial charge in [-0.15, -0.1) is 5.10 Å². The lowest BCUT2D eigenvalue weighted by Gasteiger charge is -2.27. The number of benzene rings is 2. The number of aryl methyl sites for hydroxylation is 1. The summed E-state index contributed by atoms with van der Waals surface area (Å²) in [6.45, 7) is 6.30. The first kappa shape index (κ1) is 49.1. The molecule has 3 N–H and O–H groups in total. The molecule has 22 heteroatoms. The first-order valence-electron chi connectivity index (χ1n) is 21.2. The van der Waals surface area contributed by atoms with Crippen LogP contribution in [-0.4, -0.2) is 160 Å². The molecule has 6 rings (SSSR count). The number of oxazole rings is 1. The highest BCUT2D eigenvalue weighted by molar-refractivity contribution is 14.1. The van der Waals surface area contributed by atoms with Crippen molar-refractivity contribution >= 4 is 57.8 Å². The second-order valence-corrected chi connectivity index (χ2v) is 15.7. The third-order valence-electron chi connectivity index (χ3n) is 10.0. The van der Waals surface area contributed by atoms with E-state index in [0.717, 1.165) is 25.5 Å². The topological polar surface area (TPSA) is 246 Å². The molecule has 0 aliphatic carbocycles. The number of ether oxygens (including phenoxy) is 7. The van der Waals surface area contributed by atoms with Gasteiger partial charge in [0.25, 0.3) is 17.7 Å². The van der Waals surface area contributed by atoms with Gasteiger partial charge in [-0.1, -0.05) is 11.3 Å². The van der Waals surface area contributed by atoms with Crippen LogP contribution in [0.1, 0.15) is 56.2 Å². The number of fused-ring (bicyclic) bond motifs is 1. The predicted octanol–water partition coefficient (Wildman–Crippen LogP) is 2.52. The molecule has 2 aliphatic rings. The first-order chi connectivity index (χ1) is 31.7. The number of hydrogen-bond donors (Lipinski definition) is 3. The highest BCUT2D eigenvalue weighted by Gasteiger charge is 2.45. The number of anilines is 1. The van der Waals surface area contributed by atoms with Crippen LogP contribution in [0.5, 0.6) is 5.75 Å². The van der Waals surface area contributed by atoms with E-state index in [1.165, 1.54) is 6.39 Å². The molecule has 65 heavy (non-hydrogen) atoms. The van der Waals surface area contributed by atoms with Crippen LogP contribution >= 0.6 is 22.6 Å². The van der Waals surface area contributed by atoms with Gasteiger partial charge in [0, 0.05) is 37.0 Å². The highest BCUT2D eigenvalue weighted by Crippen LogP contribution is 2.33.